The highest BCUT2D eigenvalue weighted by atomic mass is 79.9. The molecule has 0 aliphatic carbocycles. The molecule has 220 valence electrons. The van der Waals surface area contributed by atoms with Gasteiger partial charge in [0.15, 0.2) is 0 Å². The number of rotatable bonds is 16. The van der Waals surface area contributed by atoms with E-state index in [1.165, 1.54) is 32.6 Å². The van der Waals surface area contributed by atoms with Crippen LogP contribution in [-0.2, 0) is 31.9 Å². The standard InChI is InChI=1S/C30H34Br2N2O4S3/c1-3-37-25(35)13-9-5-7-11-19-17-23(31)39-29(19)21-15-16-22(28-27(21)33-41-34-28)30-20(18-24(32)40-30)12-8-6-10-14-26(36)38-4-2/h15-18H,3-14H2,1-2H3. The average molecular weight is 743 g/mol. The number of ether oxygens (including phenoxy) is 2. The summed E-state index contributed by atoms with van der Waals surface area (Å²) >= 11 is 12.1. The van der Waals surface area contributed by atoms with Crippen LogP contribution in [0.4, 0.5) is 0 Å². The van der Waals surface area contributed by atoms with Crippen molar-refractivity contribution in [3.8, 4) is 20.9 Å². The molecule has 0 amide bonds. The summed E-state index contributed by atoms with van der Waals surface area (Å²) in [4.78, 5) is 25.7. The number of unbranched alkanes of at least 4 members (excludes halogenated alkanes) is 4. The van der Waals surface area contributed by atoms with Crippen molar-refractivity contribution in [2.45, 2.75) is 78.1 Å². The van der Waals surface area contributed by atoms with Gasteiger partial charge in [0, 0.05) is 33.7 Å². The van der Waals surface area contributed by atoms with E-state index in [9.17, 15) is 9.59 Å². The van der Waals surface area contributed by atoms with E-state index >= 15 is 0 Å². The number of fused-ring (bicyclic) bond motifs is 1. The molecule has 0 aliphatic heterocycles. The lowest BCUT2D eigenvalue weighted by molar-refractivity contribution is -0.144. The van der Waals surface area contributed by atoms with E-state index in [-0.39, 0.29) is 11.9 Å². The highest BCUT2D eigenvalue weighted by molar-refractivity contribution is 9.11. The molecule has 1 aromatic carbocycles. The van der Waals surface area contributed by atoms with Gasteiger partial charge in [0.2, 0.25) is 0 Å². The number of hydrogen-bond acceptors (Lipinski definition) is 9. The van der Waals surface area contributed by atoms with Gasteiger partial charge < -0.3 is 9.47 Å². The molecule has 0 unspecified atom stereocenters. The Morgan fingerprint density at radius 3 is 1.56 bits per heavy atom. The van der Waals surface area contributed by atoms with Crippen molar-refractivity contribution in [1.29, 1.82) is 0 Å². The smallest absolute Gasteiger partial charge is 0.305 e. The molecule has 3 aromatic heterocycles. The van der Waals surface area contributed by atoms with Gasteiger partial charge in [0.25, 0.3) is 0 Å². The Morgan fingerprint density at radius 1 is 0.707 bits per heavy atom. The first-order chi connectivity index (χ1) is 19.9. The second-order valence-corrected chi connectivity index (χ2v) is 15.1. The first-order valence-electron chi connectivity index (χ1n) is 14.0. The van der Waals surface area contributed by atoms with Crippen LogP contribution in [0.2, 0.25) is 0 Å². The molecule has 0 radical (unpaired) electrons. The predicted octanol–water partition coefficient (Wildman–Crippen LogP) is 10.0. The summed E-state index contributed by atoms with van der Waals surface area (Å²) in [6.45, 7) is 4.55. The fraction of sp³-hybridized carbons (Fsp3) is 0.467. The maximum absolute atomic E-state index is 11.6. The molecule has 4 rings (SSSR count). The minimum absolute atomic E-state index is 0.111. The zero-order chi connectivity index (χ0) is 29.2. The van der Waals surface area contributed by atoms with Gasteiger partial charge >= 0.3 is 11.9 Å². The number of aromatic nitrogens is 2. The van der Waals surface area contributed by atoms with E-state index in [1.807, 2.05) is 13.8 Å². The molecule has 41 heavy (non-hydrogen) atoms. The van der Waals surface area contributed by atoms with Gasteiger partial charge in [-0.1, -0.05) is 25.0 Å². The summed E-state index contributed by atoms with van der Waals surface area (Å²) in [5, 5.41) is 0. The van der Waals surface area contributed by atoms with E-state index < -0.39 is 0 Å². The minimum Gasteiger partial charge on any atom is -0.466 e. The molecule has 11 heteroatoms. The molecule has 0 atom stereocenters. The Bertz CT molecular complexity index is 1360. The summed E-state index contributed by atoms with van der Waals surface area (Å²) in [7, 11) is 0. The predicted molar refractivity (Wildman–Crippen MR) is 177 cm³/mol. The number of esters is 2. The number of thiophene rings is 2. The fourth-order valence-electron chi connectivity index (χ4n) is 4.84. The number of benzene rings is 1. The Balaban J connectivity index is 1.48. The molecule has 6 nitrogen and oxygen atoms in total. The lowest BCUT2D eigenvalue weighted by Crippen LogP contribution is -2.03. The third-order valence-corrected chi connectivity index (χ3v) is 10.7. The molecular weight excluding hydrogens is 708 g/mol. The molecule has 0 saturated heterocycles. The van der Waals surface area contributed by atoms with Gasteiger partial charge in [-0.3, -0.25) is 9.59 Å². The Kier molecular flexibility index (Phi) is 12.8. The van der Waals surface area contributed by atoms with Crippen molar-refractivity contribution in [2.75, 3.05) is 13.2 Å². The van der Waals surface area contributed by atoms with Crippen molar-refractivity contribution in [1.82, 2.24) is 8.75 Å². The van der Waals surface area contributed by atoms with Crippen LogP contribution in [0.5, 0.6) is 0 Å². The number of halogens is 2. The minimum atomic E-state index is -0.111. The monoisotopic (exact) mass is 740 g/mol. The topological polar surface area (TPSA) is 78.4 Å². The van der Waals surface area contributed by atoms with E-state index in [4.69, 9.17) is 18.2 Å². The summed E-state index contributed by atoms with van der Waals surface area (Å²) < 4.78 is 21.8. The highest BCUT2D eigenvalue weighted by Gasteiger charge is 2.20. The largest absolute Gasteiger partial charge is 0.466 e. The van der Waals surface area contributed by atoms with Crippen LogP contribution in [0.15, 0.2) is 31.8 Å². The second kappa shape index (κ2) is 16.3. The van der Waals surface area contributed by atoms with Crippen molar-refractivity contribution < 1.29 is 19.1 Å². The molecule has 3 heterocycles. The maximum atomic E-state index is 11.6. The van der Waals surface area contributed by atoms with E-state index in [1.54, 1.807) is 22.7 Å². The fourth-order valence-corrected chi connectivity index (χ4v) is 8.86. The van der Waals surface area contributed by atoms with E-state index in [0.717, 1.165) is 81.1 Å². The van der Waals surface area contributed by atoms with Crippen LogP contribution in [0.25, 0.3) is 31.9 Å². The number of nitrogens with zero attached hydrogens (tertiary/aromatic N) is 2. The van der Waals surface area contributed by atoms with Crippen LogP contribution in [0.1, 0.15) is 76.3 Å². The van der Waals surface area contributed by atoms with Crippen LogP contribution in [-0.4, -0.2) is 33.9 Å². The highest BCUT2D eigenvalue weighted by Crippen LogP contribution is 2.44. The van der Waals surface area contributed by atoms with Crippen LogP contribution in [0.3, 0.4) is 0 Å². The first kappa shape index (κ1) is 32.3. The zero-order valence-electron chi connectivity index (χ0n) is 23.3. The number of hydrogen-bond donors (Lipinski definition) is 0. The second-order valence-electron chi connectivity index (χ2n) is 9.66. The van der Waals surface area contributed by atoms with Gasteiger partial charge in [-0.15, -0.1) is 22.7 Å². The van der Waals surface area contributed by atoms with Gasteiger partial charge in [-0.2, -0.15) is 8.75 Å². The van der Waals surface area contributed by atoms with Gasteiger partial charge in [0.05, 0.1) is 32.5 Å². The normalized spacial score (nSPS) is 11.3. The van der Waals surface area contributed by atoms with Crippen LogP contribution >= 0.6 is 66.3 Å². The molecule has 0 spiro atoms. The summed E-state index contributed by atoms with van der Waals surface area (Å²) in [6.07, 6.45) is 8.53. The van der Waals surface area contributed by atoms with Crippen LogP contribution in [0, 0.1) is 0 Å². The molecule has 0 fully saturated rings. The van der Waals surface area contributed by atoms with E-state index in [0.29, 0.717) is 26.1 Å². The van der Waals surface area contributed by atoms with Crippen LogP contribution < -0.4 is 0 Å². The lowest BCUT2D eigenvalue weighted by atomic mass is 9.99. The van der Waals surface area contributed by atoms with E-state index in [2.05, 4.69) is 56.1 Å². The number of aryl methyl sites for hydroxylation is 2. The van der Waals surface area contributed by atoms with Gasteiger partial charge in [-0.25, -0.2) is 0 Å². The third kappa shape index (κ3) is 8.92. The molecule has 0 aliphatic rings. The average Bonchev–Trinajstić information content (AvgIpc) is 3.66. The first-order valence-corrected chi connectivity index (χ1v) is 18.0. The molecule has 0 N–H and O–H groups in total. The Morgan fingerprint density at radius 2 is 1.15 bits per heavy atom. The van der Waals surface area contributed by atoms with Gasteiger partial charge in [-0.05, 0) is 107 Å². The van der Waals surface area contributed by atoms with Crippen molar-refractivity contribution >= 4 is 89.2 Å². The number of carbonyl (C=O) groups is 2. The summed E-state index contributed by atoms with van der Waals surface area (Å²) in [5.74, 6) is -0.222. The van der Waals surface area contributed by atoms with Crippen molar-refractivity contribution in [3.05, 3.63) is 43.0 Å². The Hall–Kier alpha value is -1.66. The molecule has 0 saturated carbocycles. The lowest BCUT2D eigenvalue weighted by Gasteiger charge is -2.09. The van der Waals surface area contributed by atoms with Crippen molar-refractivity contribution in [3.63, 3.8) is 0 Å². The number of carbonyl (C=O) groups excluding carboxylic acids is 2. The zero-order valence-corrected chi connectivity index (χ0v) is 28.9. The Labute approximate surface area is 270 Å². The SMILES string of the molecule is CCOC(=O)CCCCCc1cc(Br)sc1-c1ccc(-c2sc(Br)cc2CCCCCC(=O)OCC)c2nsnc12. The maximum Gasteiger partial charge on any atom is 0.305 e. The third-order valence-electron chi connectivity index (χ3n) is 6.73. The summed E-state index contributed by atoms with van der Waals surface area (Å²) in [6, 6.07) is 8.80. The summed E-state index contributed by atoms with van der Waals surface area (Å²) in [5.41, 5.74) is 6.70. The molecular formula is C30H34Br2N2O4S3. The molecule has 4 aromatic rings. The van der Waals surface area contributed by atoms with Crippen molar-refractivity contribution in [2.24, 2.45) is 0 Å². The van der Waals surface area contributed by atoms with Gasteiger partial charge in [0.1, 0.15) is 11.0 Å². The molecule has 0 bridgehead atoms. The quantitative estimate of drug-likeness (QED) is 0.0841.